The highest BCUT2D eigenvalue weighted by molar-refractivity contribution is 5.97. The molecule has 0 unspecified atom stereocenters. The Labute approximate surface area is 217 Å². The van der Waals surface area contributed by atoms with Gasteiger partial charge in [0.25, 0.3) is 0 Å². The van der Waals surface area contributed by atoms with Crippen LogP contribution in [0.15, 0.2) is 12.1 Å². The van der Waals surface area contributed by atoms with Gasteiger partial charge >= 0.3 is 12.1 Å². The Balaban J connectivity index is 1.89. The number of carbonyl (C=O) groups excluding carboxylic acids is 2. The molecule has 1 aliphatic carbocycles. The molecule has 0 radical (unpaired) electrons. The highest BCUT2D eigenvalue weighted by atomic mass is 19.1. The molecule has 10 heteroatoms. The summed E-state index contributed by atoms with van der Waals surface area (Å²) in [6, 6.07) is 2.79. The Morgan fingerprint density at radius 1 is 1.14 bits per heavy atom. The van der Waals surface area contributed by atoms with E-state index in [2.05, 4.69) is 0 Å². The first kappa shape index (κ1) is 28.7. The van der Waals surface area contributed by atoms with Crippen molar-refractivity contribution >= 4 is 23.7 Å². The van der Waals surface area contributed by atoms with Crippen LogP contribution in [0.5, 0.6) is 5.75 Å². The van der Waals surface area contributed by atoms with Crippen molar-refractivity contribution in [3.63, 3.8) is 0 Å². The second-order valence-electron chi connectivity index (χ2n) is 10.8. The van der Waals surface area contributed by atoms with Crippen LogP contribution in [-0.2, 0) is 25.5 Å². The van der Waals surface area contributed by atoms with Crippen molar-refractivity contribution in [3.05, 3.63) is 23.5 Å². The van der Waals surface area contributed by atoms with Crippen molar-refractivity contribution in [2.75, 3.05) is 38.3 Å². The average Bonchev–Trinajstić information content (AvgIpc) is 3.67. The minimum Gasteiger partial charge on any atom is -0.493 e. The number of halogens is 1. The first-order valence-corrected chi connectivity index (χ1v) is 12.9. The molecule has 9 nitrogen and oxygen atoms in total. The first-order chi connectivity index (χ1) is 17.4. The van der Waals surface area contributed by atoms with E-state index in [9.17, 15) is 19.5 Å². The summed E-state index contributed by atoms with van der Waals surface area (Å²) < 4.78 is 31.8. The molecule has 37 heavy (non-hydrogen) atoms. The molecule has 1 saturated carbocycles. The van der Waals surface area contributed by atoms with E-state index in [1.54, 1.807) is 33.9 Å². The van der Waals surface area contributed by atoms with E-state index < -0.39 is 41.2 Å². The number of rotatable bonds is 10. The maximum absolute atomic E-state index is 15.4. The number of aliphatic carboxylic acids is 1. The van der Waals surface area contributed by atoms with Crippen LogP contribution in [0.2, 0.25) is 0 Å². The molecule has 1 aromatic rings. The minimum atomic E-state index is -1.09. The second kappa shape index (κ2) is 12.1. The summed E-state index contributed by atoms with van der Waals surface area (Å²) in [4.78, 5) is 41.2. The minimum absolute atomic E-state index is 0.00971. The Morgan fingerprint density at radius 3 is 2.38 bits per heavy atom. The van der Waals surface area contributed by atoms with Crippen molar-refractivity contribution in [2.45, 2.75) is 71.4 Å². The molecule has 0 spiro atoms. The Kier molecular flexibility index (Phi) is 9.39. The van der Waals surface area contributed by atoms with Crippen LogP contribution in [0.4, 0.5) is 14.9 Å². The van der Waals surface area contributed by atoms with Crippen molar-refractivity contribution in [1.82, 2.24) is 4.90 Å². The molecule has 206 valence electrons. The number of carboxylic acids is 1. The number of anilines is 1. The van der Waals surface area contributed by atoms with E-state index in [1.165, 1.54) is 15.9 Å². The van der Waals surface area contributed by atoms with E-state index in [1.807, 2.05) is 6.92 Å². The SMILES string of the molecule is CCc1cc(F)c(N(C(=O)[C@@H]2C[C@H](C(=O)O)CN(C(=O)OC(C)(C)C)C2)C2CC2)cc1OCCCOC. The van der Waals surface area contributed by atoms with Gasteiger partial charge in [0, 0.05) is 45.3 Å². The van der Waals surface area contributed by atoms with Crippen LogP contribution in [0.1, 0.15) is 58.9 Å². The van der Waals surface area contributed by atoms with Crippen LogP contribution in [-0.4, -0.2) is 73.0 Å². The third-order valence-electron chi connectivity index (χ3n) is 6.47. The molecular formula is C27H39FN2O7. The number of piperidine rings is 1. The van der Waals surface area contributed by atoms with Crippen LogP contribution in [0, 0.1) is 17.7 Å². The first-order valence-electron chi connectivity index (χ1n) is 12.9. The number of ether oxygens (including phenoxy) is 3. The molecule has 1 aliphatic heterocycles. The van der Waals surface area contributed by atoms with E-state index in [-0.39, 0.29) is 31.2 Å². The third-order valence-corrected chi connectivity index (χ3v) is 6.47. The molecule has 0 aromatic heterocycles. The van der Waals surface area contributed by atoms with Crippen LogP contribution in [0.3, 0.4) is 0 Å². The zero-order valence-corrected chi connectivity index (χ0v) is 22.4. The number of amides is 2. The summed E-state index contributed by atoms with van der Waals surface area (Å²) in [6.45, 7) is 7.95. The number of methoxy groups -OCH3 is 1. The molecule has 1 aromatic carbocycles. The number of carbonyl (C=O) groups is 3. The normalized spacial score (nSPS) is 19.9. The third kappa shape index (κ3) is 7.56. The zero-order valence-electron chi connectivity index (χ0n) is 22.4. The smallest absolute Gasteiger partial charge is 0.410 e. The number of aryl methyl sites for hydroxylation is 1. The van der Waals surface area contributed by atoms with Gasteiger partial charge in [0.15, 0.2) is 0 Å². The maximum Gasteiger partial charge on any atom is 0.410 e. The predicted molar refractivity (Wildman–Crippen MR) is 135 cm³/mol. The van der Waals surface area contributed by atoms with Gasteiger partial charge in [-0.2, -0.15) is 0 Å². The summed E-state index contributed by atoms with van der Waals surface area (Å²) in [5.74, 6) is -3.24. The number of likely N-dealkylation sites (tertiary alicyclic amines) is 1. The van der Waals surface area contributed by atoms with E-state index >= 15 is 4.39 Å². The monoisotopic (exact) mass is 522 g/mol. The number of hydrogen-bond acceptors (Lipinski definition) is 6. The molecule has 1 N–H and O–H groups in total. The lowest BCUT2D eigenvalue weighted by molar-refractivity contribution is -0.144. The van der Waals surface area contributed by atoms with Crippen LogP contribution < -0.4 is 9.64 Å². The number of hydrogen-bond donors (Lipinski definition) is 1. The summed E-state index contributed by atoms with van der Waals surface area (Å²) in [5.41, 5.74) is 0.0469. The van der Waals surface area contributed by atoms with Crippen molar-refractivity contribution < 1.29 is 38.1 Å². The van der Waals surface area contributed by atoms with Crippen LogP contribution in [0.25, 0.3) is 0 Å². The predicted octanol–water partition coefficient (Wildman–Crippen LogP) is 4.26. The van der Waals surface area contributed by atoms with E-state index in [0.29, 0.717) is 37.4 Å². The summed E-state index contributed by atoms with van der Waals surface area (Å²) in [6.07, 6.45) is 2.05. The molecular weight excluding hydrogens is 483 g/mol. The lowest BCUT2D eigenvalue weighted by atomic mass is 9.88. The van der Waals surface area contributed by atoms with Gasteiger partial charge < -0.3 is 29.1 Å². The van der Waals surface area contributed by atoms with Crippen LogP contribution >= 0.6 is 0 Å². The number of carboxylic acid groups (broad SMARTS) is 1. The molecule has 0 bridgehead atoms. The highest BCUT2D eigenvalue weighted by Crippen LogP contribution is 2.39. The molecule has 3 rings (SSSR count). The molecule has 2 atom stereocenters. The summed E-state index contributed by atoms with van der Waals surface area (Å²) in [7, 11) is 1.61. The van der Waals surface area contributed by atoms with E-state index in [0.717, 1.165) is 12.8 Å². The van der Waals surface area contributed by atoms with Crippen molar-refractivity contribution in [1.29, 1.82) is 0 Å². The van der Waals surface area contributed by atoms with Gasteiger partial charge in [-0.3, -0.25) is 9.59 Å². The zero-order chi connectivity index (χ0) is 27.3. The van der Waals surface area contributed by atoms with Gasteiger partial charge in [-0.15, -0.1) is 0 Å². The second-order valence-corrected chi connectivity index (χ2v) is 10.8. The van der Waals surface area contributed by atoms with Gasteiger partial charge in [-0.25, -0.2) is 9.18 Å². The quantitative estimate of drug-likeness (QED) is 0.458. The number of nitrogens with zero attached hydrogens (tertiary/aromatic N) is 2. The summed E-state index contributed by atoms with van der Waals surface area (Å²) in [5, 5.41) is 9.72. The standard InChI is InChI=1S/C27H39FN2O7/c1-6-17-13-21(28)22(14-23(17)36-11-7-10-35-5)30(20-8-9-20)24(31)18-12-19(25(32)33)16-29(15-18)26(34)37-27(2,3)4/h13-14,18-20H,6-12,15-16H2,1-5H3,(H,32,33)/t18-,19+/m1/s1. The Bertz CT molecular complexity index is 990. The Hall–Kier alpha value is -2.88. The Morgan fingerprint density at radius 2 is 1.81 bits per heavy atom. The molecule has 2 fully saturated rings. The van der Waals surface area contributed by atoms with Crippen molar-refractivity contribution in [3.8, 4) is 5.75 Å². The summed E-state index contributed by atoms with van der Waals surface area (Å²) >= 11 is 0. The van der Waals surface area contributed by atoms with Gasteiger partial charge in [0.05, 0.1) is 24.1 Å². The highest BCUT2D eigenvalue weighted by Gasteiger charge is 2.44. The van der Waals surface area contributed by atoms with Gasteiger partial charge in [0.2, 0.25) is 5.91 Å². The van der Waals surface area contributed by atoms with E-state index in [4.69, 9.17) is 14.2 Å². The fourth-order valence-corrected chi connectivity index (χ4v) is 4.52. The molecule has 2 aliphatic rings. The fourth-order valence-electron chi connectivity index (χ4n) is 4.52. The largest absolute Gasteiger partial charge is 0.493 e. The molecule has 1 saturated heterocycles. The van der Waals surface area contributed by atoms with Gasteiger partial charge in [-0.1, -0.05) is 6.92 Å². The number of benzene rings is 1. The average molecular weight is 523 g/mol. The topological polar surface area (TPSA) is 106 Å². The fraction of sp³-hybridized carbons (Fsp3) is 0.667. The van der Waals surface area contributed by atoms with Crippen molar-refractivity contribution in [2.24, 2.45) is 11.8 Å². The molecule has 2 amide bonds. The van der Waals surface area contributed by atoms with Gasteiger partial charge in [0.1, 0.15) is 17.2 Å². The molecule has 1 heterocycles. The lowest BCUT2D eigenvalue weighted by Gasteiger charge is -2.38. The maximum atomic E-state index is 15.4. The lowest BCUT2D eigenvalue weighted by Crippen LogP contribution is -2.52. The van der Waals surface area contributed by atoms with Gasteiger partial charge in [-0.05, 0) is 58.1 Å².